The van der Waals surface area contributed by atoms with Crippen LogP contribution in [0.25, 0.3) is 24.3 Å². The Morgan fingerprint density at radius 2 is 0.714 bits per heavy atom. The molecule has 0 radical (unpaired) electrons. The molecule has 0 aliphatic carbocycles. The van der Waals surface area contributed by atoms with Gasteiger partial charge in [0, 0.05) is 12.1 Å². The zero-order chi connectivity index (χ0) is 28.3. The van der Waals surface area contributed by atoms with Crippen LogP contribution >= 0.6 is 24.8 Å². The van der Waals surface area contributed by atoms with Gasteiger partial charge in [0.15, 0.2) is 0 Å². The molecule has 0 saturated heterocycles. The van der Waals surface area contributed by atoms with Crippen LogP contribution in [0, 0.1) is 0 Å². The molecule has 0 heterocycles. The van der Waals surface area contributed by atoms with E-state index in [1.54, 1.807) is 52.7 Å². The topological polar surface area (TPSA) is 72.5 Å². The summed E-state index contributed by atoms with van der Waals surface area (Å²) in [6, 6.07) is 25.5. The standard InChI is InChI=1S/C33H30O7.2ClH/c1-35-29-17-25(18-30(21-29)36-2)7-5-23-9-13-27(14-10-23)39-33(34)40-28-15-11-24(12-16-28)6-8-26-19-31(37-3)22-32(20-26)38-4;;/h5-22H,1-4H3;2*1H. The Kier molecular flexibility index (Phi) is 13.3. The fourth-order valence-electron chi connectivity index (χ4n) is 3.74. The van der Waals surface area contributed by atoms with Gasteiger partial charge in [-0.25, -0.2) is 4.79 Å². The van der Waals surface area contributed by atoms with E-state index in [1.807, 2.05) is 85.0 Å². The highest BCUT2D eigenvalue weighted by Crippen LogP contribution is 2.25. The zero-order valence-electron chi connectivity index (χ0n) is 23.6. The molecule has 0 atom stereocenters. The van der Waals surface area contributed by atoms with Crippen molar-refractivity contribution in [2.45, 2.75) is 0 Å². The van der Waals surface area contributed by atoms with Gasteiger partial charge in [0.25, 0.3) is 0 Å². The van der Waals surface area contributed by atoms with Crippen molar-refractivity contribution >= 4 is 55.3 Å². The number of hydrogen-bond donors (Lipinski definition) is 0. The van der Waals surface area contributed by atoms with Crippen LogP contribution < -0.4 is 28.4 Å². The Labute approximate surface area is 258 Å². The lowest BCUT2D eigenvalue weighted by Crippen LogP contribution is -2.13. The van der Waals surface area contributed by atoms with Gasteiger partial charge in [0.1, 0.15) is 34.5 Å². The molecule has 4 rings (SSSR count). The van der Waals surface area contributed by atoms with Crippen LogP contribution in [0.4, 0.5) is 4.79 Å². The molecule has 0 aliphatic heterocycles. The van der Waals surface area contributed by atoms with Gasteiger partial charge < -0.3 is 28.4 Å². The lowest BCUT2D eigenvalue weighted by molar-refractivity contribution is 0.152. The molecule has 220 valence electrons. The maximum absolute atomic E-state index is 12.3. The average molecular weight is 612 g/mol. The lowest BCUT2D eigenvalue weighted by atomic mass is 10.1. The van der Waals surface area contributed by atoms with E-state index in [0.717, 1.165) is 22.3 Å². The Bertz CT molecular complexity index is 1340. The van der Waals surface area contributed by atoms with Gasteiger partial charge in [-0.2, -0.15) is 0 Å². The smallest absolute Gasteiger partial charge is 0.497 e. The molecule has 4 aromatic carbocycles. The summed E-state index contributed by atoms with van der Waals surface area (Å²) in [5, 5.41) is 0. The number of halogens is 2. The third-order valence-corrected chi connectivity index (χ3v) is 5.85. The summed E-state index contributed by atoms with van der Waals surface area (Å²) in [5.74, 6) is 3.59. The zero-order valence-corrected chi connectivity index (χ0v) is 25.2. The Morgan fingerprint density at radius 3 is 1.00 bits per heavy atom. The molecular weight excluding hydrogens is 579 g/mol. The maximum Gasteiger partial charge on any atom is 0.519 e. The number of methoxy groups -OCH3 is 4. The van der Waals surface area contributed by atoms with Crippen molar-refractivity contribution in [3.63, 3.8) is 0 Å². The van der Waals surface area contributed by atoms with Crippen LogP contribution in [0.2, 0.25) is 0 Å². The molecule has 4 aromatic rings. The first-order chi connectivity index (χ1) is 19.5. The van der Waals surface area contributed by atoms with Crippen LogP contribution in [0.5, 0.6) is 34.5 Å². The van der Waals surface area contributed by atoms with Crippen molar-refractivity contribution in [2.75, 3.05) is 28.4 Å². The third kappa shape index (κ3) is 9.80. The summed E-state index contributed by atoms with van der Waals surface area (Å²) in [6.07, 6.45) is 6.95. The molecule has 0 aromatic heterocycles. The van der Waals surface area contributed by atoms with Crippen molar-refractivity contribution in [2.24, 2.45) is 0 Å². The first-order valence-corrected chi connectivity index (χ1v) is 12.4. The fourth-order valence-corrected chi connectivity index (χ4v) is 3.74. The molecule has 0 aliphatic rings. The summed E-state index contributed by atoms with van der Waals surface area (Å²) in [7, 11) is 6.45. The van der Waals surface area contributed by atoms with Crippen molar-refractivity contribution in [1.82, 2.24) is 0 Å². The van der Waals surface area contributed by atoms with Gasteiger partial charge in [0.05, 0.1) is 28.4 Å². The highest BCUT2D eigenvalue weighted by atomic mass is 35.5. The molecule has 0 fully saturated rings. The van der Waals surface area contributed by atoms with Gasteiger partial charge in [0.2, 0.25) is 0 Å². The van der Waals surface area contributed by atoms with Crippen LogP contribution in [-0.2, 0) is 0 Å². The minimum atomic E-state index is -0.821. The maximum atomic E-state index is 12.3. The van der Waals surface area contributed by atoms with Crippen molar-refractivity contribution in [1.29, 1.82) is 0 Å². The summed E-state index contributed by atoms with van der Waals surface area (Å²) in [6.45, 7) is 0. The summed E-state index contributed by atoms with van der Waals surface area (Å²) in [4.78, 5) is 12.3. The van der Waals surface area contributed by atoms with Gasteiger partial charge >= 0.3 is 6.16 Å². The quantitative estimate of drug-likeness (QED) is 0.101. The largest absolute Gasteiger partial charge is 0.519 e. The molecule has 0 amide bonds. The predicted octanol–water partition coefficient (Wildman–Crippen LogP) is 8.48. The molecule has 0 spiro atoms. The molecule has 0 bridgehead atoms. The summed E-state index contributed by atoms with van der Waals surface area (Å²) in [5.41, 5.74) is 3.72. The molecule has 7 nitrogen and oxygen atoms in total. The number of hydrogen-bond acceptors (Lipinski definition) is 7. The van der Waals surface area contributed by atoms with E-state index in [9.17, 15) is 4.79 Å². The molecule has 9 heteroatoms. The van der Waals surface area contributed by atoms with E-state index < -0.39 is 6.16 Å². The van der Waals surface area contributed by atoms with E-state index in [2.05, 4.69) is 0 Å². The predicted molar refractivity (Wildman–Crippen MR) is 171 cm³/mol. The first kappa shape index (κ1) is 33.6. The first-order valence-electron chi connectivity index (χ1n) is 12.4. The Hall–Kier alpha value is -4.59. The number of ether oxygens (including phenoxy) is 6. The van der Waals surface area contributed by atoms with Gasteiger partial charge in [-0.15, -0.1) is 24.8 Å². The van der Waals surface area contributed by atoms with E-state index >= 15 is 0 Å². The van der Waals surface area contributed by atoms with Crippen molar-refractivity contribution in [3.8, 4) is 34.5 Å². The lowest BCUT2D eigenvalue weighted by Gasteiger charge is -2.07. The van der Waals surface area contributed by atoms with Crippen LogP contribution in [0.1, 0.15) is 22.3 Å². The van der Waals surface area contributed by atoms with Crippen molar-refractivity contribution in [3.05, 3.63) is 107 Å². The molecule has 42 heavy (non-hydrogen) atoms. The second kappa shape index (κ2) is 16.6. The SMILES string of the molecule is COc1cc(C=Cc2ccc(OC(=O)Oc3ccc(C=Cc4cc(OC)cc(OC)c4)cc3)cc2)cc(OC)c1.Cl.Cl. The molecule has 0 saturated carbocycles. The van der Waals surface area contributed by atoms with Gasteiger partial charge in [-0.3, -0.25) is 0 Å². The van der Waals surface area contributed by atoms with Gasteiger partial charge in [-0.1, -0.05) is 48.6 Å². The number of carbonyl (C=O) groups is 1. The Morgan fingerprint density at radius 1 is 0.429 bits per heavy atom. The second-order valence-corrected chi connectivity index (χ2v) is 8.55. The monoisotopic (exact) mass is 610 g/mol. The Balaban J connectivity index is 0.00000308. The third-order valence-electron chi connectivity index (χ3n) is 5.85. The number of carbonyl (C=O) groups excluding carboxylic acids is 1. The average Bonchev–Trinajstić information content (AvgIpc) is 2.99. The van der Waals surface area contributed by atoms with E-state index in [4.69, 9.17) is 28.4 Å². The second-order valence-electron chi connectivity index (χ2n) is 8.55. The minimum Gasteiger partial charge on any atom is -0.497 e. The molecular formula is C33H32Cl2O7. The van der Waals surface area contributed by atoms with Crippen molar-refractivity contribution < 1.29 is 33.2 Å². The van der Waals surface area contributed by atoms with E-state index in [0.29, 0.717) is 34.5 Å². The van der Waals surface area contributed by atoms with Crippen LogP contribution in [-0.4, -0.2) is 34.6 Å². The fraction of sp³-hybridized carbons (Fsp3) is 0.121. The van der Waals surface area contributed by atoms with Crippen LogP contribution in [0.15, 0.2) is 84.9 Å². The highest BCUT2D eigenvalue weighted by molar-refractivity contribution is 5.85. The summed E-state index contributed by atoms with van der Waals surface area (Å²) < 4.78 is 31.9. The minimum absolute atomic E-state index is 0. The molecule has 0 unspecified atom stereocenters. The normalized spacial score (nSPS) is 10.4. The van der Waals surface area contributed by atoms with E-state index in [1.165, 1.54) is 0 Å². The summed E-state index contributed by atoms with van der Waals surface area (Å²) >= 11 is 0. The van der Waals surface area contributed by atoms with Crippen LogP contribution in [0.3, 0.4) is 0 Å². The number of rotatable bonds is 10. The molecule has 0 N–H and O–H groups in total. The van der Waals surface area contributed by atoms with E-state index in [-0.39, 0.29) is 24.8 Å². The highest BCUT2D eigenvalue weighted by Gasteiger charge is 2.08. The number of benzene rings is 4. The van der Waals surface area contributed by atoms with Gasteiger partial charge in [-0.05, 0) is 70.8 Å².